The van der Waals surface area contributed by atoms with Crippen LogP contribution in [0.25, 0.3) is 0 Å². The van der Waals surface area contributed by atoms with Crippen LogP contribution in [0.15, 0.2) is 17.1 Å². The van der Waals surface area contributed by atoms with E-state index >= 15 is 0 Å². The van der Waals surface area contributed by atoms with Crippen molar-refractivity contribution in [1.29, 1.82) is 0 Å². The highest BCUT2D eigenvalue weighted by Gasteiger charge is 2.20. The van der Waals surface area contributed by atoms with Gasteiger partial charge in [-0.3, -0.25) is 14.4 Å². The molecule has 0 aliphatic rings. The lowest BCUT2D eigenvalue weighted by Gasteiger charge is -2.10. The second-order valence-electron chi connectivity index (χ2n) is 5.73. The molecule has 10 heteroatoms. The minimum atomic E-state index is -3.93. The average Bonchev–Trinajstić information content (AvgIpc) is 2.54. The molecule has 1 aromatic rings. The van der Waals surface area contributed by atoms with Crippen LogP contribution < -0.4 is 15.6 Å². The van der Waals surface area contributed by atoms with Crippen LogP contribution in [0.2, 0.25) is 0 Å². The van der Waals surface area contributed by atoms with Crippen LogP contribution in [-0.2, 0) is 21.4 Å². The van der Waals surface area contributed by atoms with E-state index in [9.17, 15) is 22.8 Å². The van der Waals surface area contributed by atoms with E-state index in [0.29, 0.717) is 16.7 Å². The second kappa shape index (κ2) is 10.7. The third kappa shape index (κ3) is 7.44. The molecular weight excluding hydrogens is 473 g/mol. The number of carbonyl (C=O) groups excluding carboxylic acids is 2. The summed E-state index contributed by atoms with van der Waals surface area (Å²) in [5.41, 5.74) is -0.728. The van der Waals surface area contributed by atoms with Crippen LogP contribution in [0.4, 0.5) is 0 Å². The van der Waals surface area contributed by atoms with Gasteiger partial charge in [0.25, 0.3) is 11.5 Å². The molecule has 0 bridgehead atoms. The number of carbonyl (C=O) groups is 2. The molecule has 0 unspecified atom stereocenters. The smallest absolute Gasteiger partial charge is 0.270 e. The molecule has 0 radical (unpaired) electrons. The molecule has 0 saturated heterocycles. The second-order valence-corrected chi connectivity index (χ2v) is 8.82. The van der Waals surface area contributed by atoms with Crippen molar-refractivity contribution in [2.75, 3.05) is 12.3 Å². The molecule has 0 atom stereocenters. The van der Waals surface area contributed by atoms with Crippen LogP contribution in [0, 0.1) is 3.57 Å². The van der Waals surface area contributed by atoms with Gasteiger partial charge in [0.1, 0.15) is 5.56 Å². The van der Waals surface area contributed by atoms with Crippen LogP contribution in [0.3, 0.4) is 0 Å². The van der Waals surface area contributed by atoms with Gasteiger partial charge in [0, 0.05) is 29.3 Å². The van der Waals surface area contributed by atoms with E-state index in [4.69, 9.17) is 0 Å². The van der Waals surface area contributed by atoms with Crippen molar-refractivity contribution in [3.63, 3.8) is 0 Å². The number of nitrogens with one attached hydrogen (secondary N) is 2. The lowest BCUT2D eigenvalue weighted by atomic mass is 10.2. The Morgan fingerprint density at radius 1 is 1.23 bits per heavy atom. The summed E-state index contributed by atoms with van der Waals surface area (Å²) >= 11 is 1.97. The number of hydrogen-bond acceptors (Lipinski definition) is 5. The fourth-order valence-corrected chi connectivity index (χ4v) is 3.88. The Labute approximate surface area is 166 Å². The first kappa shape index (κ1) is 22.6. The molecule has 0 fully saturated rings. The van der Waals surface area contributed by atoms with E-state index in [0.717, 1.165) is 12.8 Å². The first-order chi connectivity index (χ1) is 12.2. The lowest BCUT2D eigenvalue weighted by Crippen LogP contribution is -2.38. The fourth-order valence-electron chi connectivity index (χ4n) is 2.21. The summed E-state index contributed by atoms with van der Waals surface area (Å²) in [5, 5.41) is 2.57. The summed E-state index contributed by atoms with van der Waals surface area (Å²) in [7, 11) is -3.93. The average molecular weight is 497 g/mol. The Balaban J connectivity index is 2.81. The van der Waals surface area contributed by atoms with E-state index in [1.54, 1.807) is 13.1 Å². The quantitative estimate of drug-likeness (QED) is 0.472. The van der Waals surface area contributed by atoms with Crippen molar-refractivity contribution in [2.45, 2.75) is 46.1 Å². The molecule has 0 saturated carbocycles. The first-order valence-electron chi connectivity index (χ1n) is 8.41. The third-order valence-electron chi connectivity index (χ3n) is 3.49. The first-order valence-corrected chi connectivity index (χ1v) is 11.1. The minimum absolute atomic E-state index is 0.0516. The molecule has 26 heavy (non-hydrogen) atoms. The maximum atomic E-state index is 12.4. The summed E-state index contributed by atoms with van der Waals surface area (Å²) < 4.78 is 28.1. The molecule has 1 aromatic heterocycles. The molecule has 2 N–H and O–H groups in total. The van der Waals surface area contributed by atoms with Gasteiger partial charge in [-0.15, -0.1) is 0 Å². The number of halogens is 1. The number of aromatic nitrogens is 1. The van der Waals surface area contributed by atoms with E-state index in [1.165, 1.54) is 10.6 Å². The number of rotatable bonds is 10. The SMILES string of the molecule is CCCCn1cc(I)cc(C(=O)NS(=O)(=O)CCCC(=O)NCC)c1=O. The van der Waals surface area contributed by atoms with Gasteiger partial charge in [0.2, 0.25) is 15.9 Å². The predicted octanol–water partition coefficient (Wildman–Crippen LogP) is 1.23. The van der Waals surface area contributed by atoms with E-state index in [2.05, 4.69) is 5.32 Å². The Morgan fingerprint density at radius 2 is 1.92 bits per heavy atom. The highest BCUT2D eigenvalue weighted by molar-refractivity contribution is 14.1. The van der Waals surface area contributed by atoms with Gasteiger partial charge in [0.15, 0.2) is 0 Å². The van der Waals surface area contributed by atoms with Crippen molar-refractivity contribution >= 4 is 44.4 Å². The Hall–Kier alpha value is -1.43. The zero-order valence-corrected chi connectivity index (χ0v) is 17.9. The van der Waals surface area contributed by atoms with Gasteiger partial charge in [-0.05, 0) is 48.4 Å². The summed E-state index contributed by atoms with van der Waals surface area (Å²) in [6.07, 6.45) is 3.44. The summed E-state index contributed by atoms with van der Waals surface area (Å²) in [6, 6.07) is 1.37. The van der Waals surface area contributed by atoms with Gasteiger partial charge in [-0.1, -0.05) is 13.3 Å². The molecule has 0 aromatic carbocycles. The molecule has 1 rings (SSSR count). The molecule has 1 heterocycles. The lowest BCUT2D eigenvalue weighted by molar-refractivity contribution is -0.120. The summed E-state index contributed by atoms with van der Waals surface area (Å²) in [5.74, 6) is -1.56. The van der Waals surface area contributed by atoms with Gasteiger partial charge in [0.05, 0.1) is 5.75 Å². The summed E-state index contributed by atoms with van der Waals surface area (Å²) in [4.78, 5) is 36.0. The van der Waals surface area contributed by atoms with E-state index in [-0.39, 0.29) is 30.1 Å². The Morgan fingerprint density at radius 3 is 2.54 bits per heavy atom. The van der Waals surface area contributed by atoms with E-state index < -0.39 is 21.5 Å². The maximum absolute atomic E-state index is 12.4. The topological polar surface area (TPSA) is 114 Å². The highest BCUT2D eigenvalue weighted by atomic mass is 127. The standard InChI is InChI=1S/C16H24IN3O5S/c1-3-5-8-20-11-12(17)10-13(16(20)23)15(22)19-26(24,25)9-6-7-14(21)18-4-2/h10-11H,3-9H2,1-2H3,(H,18,21)(H,19,22). The molecule has 0 aliphatic heterocycles. The van der Waals surface area contributed by atoms with Crippen molar-refractivity contribution < 1.29 is 18.0 Å². The third-order valence-corrected chi connectivity index (χ3v) is 5.40. The number of pyridine rings is 1. The molecule has 146 valence electrons. The Bertz CT molecular complexity index is 805. The van der Waals surface area contributed by atoms with Crippen molar-refractivity contribution in [1.82, 2.24) is 14.6 Å². The largest absolute Gasteiger partial charge is 0.356 e. The number of unbranched alkanes of at least 4 members (excludes halogenated alkanes) is 1. The van der Waals surface area contributed by atoms with Crippen molar-refractivity contribution in [3.8, 4) is 0 Å². The number of aryl methyl sites for hydroxylation is 1. The van der Waals surface area contributed by atoms with Gasteiger partial charge in [-0.25, -0.2) is 13.1 Å². The van der Waals surface area contributed by atoms with Crippen molar-refractivity contribution in [3.05, 3.63) is 31.8 Å². The number of amides is 2. The molecule has 0 spiro atoms. The molecule has 2 amide bonds. The van der Waals surface area contributed by atoms with Gasteiger partial charge in [-0.2, -0.15) is 0 Å². The zero-order chi connectivity index (χ0) is 19.7. The van der Waals surface area contributed by atoms with Crippen LogP contribution in [0.1, 0.15) is 49.9 Å². The Kier molecular flexibility index (Phi) is 9.27. The maximum Gasteiger partial charge on any atom is 0.270 e. The highest BCUT2D eigenvalue weighted by Crippen LogP contribution is 2.06. The minimum Gasteiger partial charge on any atom is -0.356 e. The fraction of sp³-hybridized carbons (Fsp3) is 0.562. The monoisotopic (exact) mass is 497 g/mol. The van der Waals surface area contributed by atoms with Crippen molar-refractivity contribution in [2.24, 2.45) is 0 Å². The van der Waals surface area contributed by atoms with Gasteiger partial charge >= 0.3 is 0 Å². The van der Waals surface area contributed by atoms with Crippen LogP contribution in [-0.4, -0.2) is 37.1 Å². The van der Waals surface area contributed by atoms with Crippen LogP contribution in [0.5, 0.6) is 0 Å². The van der Waals surface area contributed by atoms with E-state index in [1.807, 2.05) is 34.2 Å². The predicted molar refractivity (Wildman–Crippen MR) is 107 cm³/mol. The summed E-state index contributed by atoms with van der Waals surface area (Å²) in [6.45, 7) is 4.69. The number of hydrogen-bond donors (Lipinski definition) is 2. The molecule has 8 nitrogen and oxygen atoms in total. The molecule has 0 aliphatic carbocycles. The number of nitrogens with zero attached hydrogens (tertiary/aromatic N) is 1. The zero-order valence-electron chi connectivity index (χ0n) is 14.9. The number of sulfonamides is 1. The van der Waals surface area contributed by atoms with Gasteiger partial charge < -0.3 is 9.88 Å². The molecular formula is C16H24IN3O5S. The van der Waals surface area contributed by atoms with Crippen LogP contribution >= 0.6 is 22.6 Å². The normalized spacial score (nSPS) is 11.2.